The van der Waals surface area contributed by atoms with E-state index < -0.39 is 11.9 Å². The van der Waals surface area contributed by atoms with Gasteiger partial charge in [0.15, 0.2) is 5.79 Å². The van der Waals surface area contributed by atoms with Crippen molar-refractivity contribution in [2.45, 2.75) is 63.6 Å². The fourth-order valence-corrected chi connectivity index (χ4v) is 2.40. The molecule has 4 atom stereocenters. The van der Waals surface area contributed by atoms with Gasteiger partial charge in [-0.1, -0.05) is 13.3 Å². The van der Waals surface area contributed by atoms with Crippen LogP contribution in [0.4, 0.5) is 0 Å². The molecular weight excluding hydrogens is 264 g/mol. The Hall–Kier alpha value is -0.690. The molecule has 0 radical (unpaired) electrons. The van der Waals surface area contributed by atoms with Crippen molar-refractivity contribution in [3.05, 3.63) is 0 Å². The molecule has 6 nitrogen and oxygen atoms in total. The normalized spacial score (nSPS) is 36.6. The van der Waals surface area contributed by atoms with E-state index in [1.54, 1.807) is 6.92 Å². The Bertz CT molecular complexity index is 334. The van der Waals surface area contributed by atoms with Crippen molar-refractivity contribution in [2.24, 2.45) is 0 Å². The third-order valence-corrected chi connectivity index (χ3v) is 3.71. The number of ether oxygens (including phenoxy) is 4. The van der Waals surface area contributed by atoms with Crippen LogP contribution in [0.1, 0.15) is 39.5 Å². The summed E-state index contributed by atoms with van der Waals surface area (Å²) >= 11 is 0. The number of rotatable bonds is 6. The average molecular weight is 288 g/mol. The predicted molar refractivity (Wildman–Crippen MR) is 70.1 cm³/mol. The summed E-state index contributed by atoms with van der Waals surface area (Å²) < 4.78 is 21.9. The lowest BCUT2D eigenvalue weighted by Crippen LogP contribution is -2.51. The Morgan fingerprint density at radius 2 is 2.25 bits per heavy atom. The van der Waals surface area contributed by atoms with Crippen LogP contribution in [0.3, 0.4) is 0 Å². The molecule has 0 unspecified atom stereocenters. The lowest BCUT2D eigenvalue weighted by Gasteiger charge is -2.40. The molecule has 0 aromatic rings. The average Bonchev–Trinajstić information content (AvgIpc) is 2.78. The van der Waals surface area contributed by atoms with Crippen molar-refractivity contribution in [1.82, 2.24) is 0 Å². The summed E-state index contributed by atoms with van der Waals surface area (Å²) in [5.74, 6) is -1.10. The Balaban J connectivity index is 1.75. The minimum absolute atomic E-state index is 0.213. The van der Waals surface area contributed by atoms with Crippen molar-refractivity contribution in [1.29, 1.82) is 0 Å². The summed E-state index contributed by atoms with van der Waals surface area (Å²) in [6, 6.07) is 0. The zero-order valence-corrected chi connectivity index (χ0v) is 12.2. The van der Waals surface area contributed by atoms with Crippen molar-refractivity contribution >= 4 is 5.97 Å². The summed E-state index contributed by atoms with van der Waals surface area (Å²) in [5.41, 5.74) is 0. The Morgan fingerprint density at radius 1 is 1.45 bits per heavy atom. The number of hydrogen-bond donors (Lipinski definition) is 1. The number of fused-ring (bicyclic) bond motifs is 1. The molecule has 0 amide bonds. The molecule has 0 aliphatic carbocycles. The van der Waals surface area contributed by atoms with E-state index in [1.807, 2.05) is 6.92 Å². The largest absolute Gasteiger partial charge is 0.466 e. The Morgan fingerprint density at radius 3 is 3.00 bits per heavy atom. The second kappa shape index (κ2) is 6.85. The van der Waals surface area contributed by atoms with E-state index in [-0.39, 0.29) is 31.2 Å². The zero-order valence-electron chi connectivity index (χ0n) is 12.2. The van der Waals surface area contributed by atoms with E-state index in [1.165, 1.54) is 0 Å². The second-order valence-electron chi connectivity index (χ2n) is 5.54. The van der Waals surface area contributed by atoms with Gasteiger partial charge in [-0.05, 0) is 13.3 Å². The molecule has 20 heavy (non-hydrogen) atoms. The third-order valence-electron chi connectivity index (χ3n) is 3.71. The van der Waals surface area contributed by atoms with E-state index in [4.69, 9.17) is 18.9 Å². The van der Waals surface area contributed by atoms with Gasteiger partial charge in [0, 0.05) is 6.42 Å². The second-order valence-corrected chi connectivity index (χ2v) is 5.54. The first-order chi connectivity index (χ1) is 9.54. The van der Waals surface area contributed by atoms with Gasteiger partial charge in [-0.15, -0.1) is 0 Å². The van der Waals surface area contributed by atoms with Gasteiger partial charge in [-0.3, -0.25) is 4.79 Å². The summed E-state index contributed by atoms with van der Waals surface area (Å²) in [6.07, 6.45) is 1.32. The highest BCUT2D eigenvalue weighted by atomic mass is 16.7. The van der Waals surface area contributed by atoms with Crippen molar-refractivity contribution in [2.75, 3.05) is 19.8 Å². The minimum atomic E-state index is -0.861. The quantitative estimate of drug-likeness (QED) is 0.580. The van der Waals surface area contributed by atoms with Crippen molar-refractivity contribution in [3.8, 4) is 0 Å². The molecule has 2 aliphatic heterocycles. The molecule has 1 N–H and O–H groups in total. The van der Waals surface area contributed by atoms with Gasteiger partial charge in [-0.2, -0.15) is 0 Å². The highest BCUT2D eigenvalue weighted by Gasteiger charge is 2.47. The fourth-order valence-electron chi connectivity index (χ4n) is 2.40. The topological polar surface area (TPSA) is 74.2 Å². The highest BCUT2D eigenvalue weighted by Crippen LogP contribution is 2.33. The van der Waals surface area contributed by atoms with Crippen LogP contribution in [0.25, 0.3) is 0 Å². The molecule has 2 saturated heterocycles. The van der Waals surface area contributed by atoms with Gasteiger partial charge in [0.25, 0.3) is 0 Å². The molecule has 2 aliphatic rings. The number of aliphatic hydroxyl groups excluding tert-OH is 1. The van der Waals surface area contributed by atoms with Crippen molar-refractivity contribution < 1.29 is 28.8 Å². The first-order valence-electron chi connectivity index (χ1n) is 7.31. The van der Waals surface area contributed by atoms with Crippen molar-refractivity contribution in [3.63, 3.8) is 0 Å². The first-order valence-corrected chi connectivity index (χ1v) is 7.31. The van der Waals surface area contributed by atoms with E-state index in [2.05, 4.69) is 0 Å². The smallest absolute Gasteiger partial charge is 0.305 e. The van der Waals surface area contributed by atoms with Gasteiger partial charge >= 0.3 is 5.97 Å². The third kappa shape index (κ3) is 3.91. The summed E-state index contributed by atoms with van der Waals surface area (Å²) in [7, 11) is 0. The number of hydrogen-bond acceptors (Lipinski definition) is 6. The molecule has 2 rings (SSSR count). The maximum Gasteiger partial charge on any atom is 0.305 e. The lowest BCUT2D eigenvalue weighted by atomic mass is 10.1. The monoisotopic (exact) mass is 288 g/mol. The lowest BCUT2D eigenvalue weighted by molar-refractivity contribution is -0.311. The highest BCUT2D eigenvalue weighted by molar-refractivity contribution is 5.69. The van der Waals surface area contributed by atoms with E-state index in [0.29, 0.717) is 19.6 Å². The van der Waals surface area contributed by atoms with Crippen LogP contribution in [0, 0.1) is 0 Å². The van der Waals surface area contributed by atoms with E-state index >= 15 is 0 Å². The van der Waals surface area contributed by atoms with Crippen LogP contribution >= 0.6 is 0 Å². The molecule has 6 heteroatoms. The molecule has 2 heterocycles. The Kier molecular flexibility index (Phi) is 5.37. The first kappa shape index (κ1) is 15.7. The van der Waals surface area contributed by atoms with Gasteiger partial charge in [0.05, 0.1) is 26.2 Å². The molecule has 0 aromatic carbocycles. The van der Waals surface area contributed by atoms with E-state index in [9.17, 15) is 9.90 Å². The SMILES string of the molecule is CCCCOC(=O)CC[C@]1(C)OC[C@H]2OC[C@H](O)[C@H]2O1. The standard InChI is InChI=1S/C14H24O6/c1-3-4-7-17-12(16)5-6-14(2)19-9-11-13(20-14)10(15)8-18-11/h10-11,13,15H,3-9H2,1-2H3/t10-,11+,13+,14+/m0/s1. The van der Waals surface area contributed by atoms with Gasteiger partial charge in [0.1, 0.15) is 18.3 Å². The molecule has 116 valence electrons. The van der Waals surface area contributed by atoms with Crippen LogP contribution in [0.2, 0.25) is 0 Å². The minimum Gasteiger partial charge on any atom is -0.466 e. The summed E-state index contributed by atoms with van der Waals surface area (Å²) in [4.78, 5) is 11.6. The number of aliphatic hydroxyl groups is 1. The predicted octanol–water partition coefficient (Wildman–Crippen LogP) is 1.00. The summed E-state index contributed by atoms with van der Waals surface area (Å²) in [6.45, 7) is 4.94. The van der Waals surface area contributed by atoms with Crippen LogP contribution in [-0.4, -0.2) is 55.0 Å². The molecule has 0 spiro atoms. The van der Waals surface area contributed by atoms with Gasteiger partial charge < -0.3 is 24.1 Å². The van der Waals surface area contributed by atoms with Gasteiger partial charge in [-0.25, -0.2) is 0 Å². The molecular formula is C14H24O6. The molecule has 0 aromatic heterocycles. The van der Waals surface area contributed by atoms with E-state index in [0.717, 1.165) is 12.8 Å². The van der Waals surface area contributed by atoms with Crippen LogP contribution in [-0.2, 0) is 23.7 Å². The Labute approximate surface area is 119 Å². The number of unbranched alkanes of at least 4 members (excludes halogenated alkanes) is 1. The summed E-state index contributed by atoms with van der Waals surface area (Å²) in [5, 5.41) is 9.78. The fraction of sp³-hybridized carbons (Fsp3) is 0.929. The van der Waals surface area contributed by atoms with Crippen LogP contribution < -0.4 is 0 Å². The van der Waals surface area contributed by atoms with Crippen LogP contribution in [0.5, 0.6) is 0 Å². The molecule has 0 bridgehead atoms. The zero-order chi connectivity index (χ0) is 14.6. The maximum absolute atomic E-state index is 11.6. The van der Waals surface area contributed by atoms with Gasteiger partial charge in [0.2, 0.25) is 0 Å². The number of carbonyl (C=O) groups is 1. The number of carbonyl (C=O) groups excluding carboxylic acids is 1. The van der Waals surface area contributed by atoms with Crippen LogP contribution in [0.15, 0.2) is 0 Å². The molecule has 0 saturated carbocycles. The maximum atomic E-state index is 11.6. The molecule has 2 fully saturated rings. The number of esters is 1.